The van der Waals surface area contributed by atoms with Gasteiger partial charge in [0.05, 0.1) is 23.9 Å². The number of benzene rings is 2. The number of likely N-dealkylation sites (N-methyl/N-ethyl adjacent to an activating group) is 1. The molecule has 0 saturated carbocycles. The maximum atomic E-state index is 13.0. The van der Waals surface area contributed by atoms with Crippen LogP contribution in [0.15, 0.2) is 59.8 Å². The topological polar surface area (TPSA) is 67.9 Å². The standard InChI is InChI=1S/C22H22Cl2N2O4/c1-3-26-18(13-30-15-9-7-8-14(23)12-15)19(21(27)29-4-2)20(25-22(26)28)16-10-5-6-11-17(16)24/h5-12,20H,3-4,13H2,1-2H3,(H,25,28)/t20-/m0/s1. The number of urea groups is 1. The average molecular weight is 449 g/mol. The second-order valence-electron chi connectivity index (χ2n) is 6.48. The van der Waals surface area contributed by atoms with Crippen molar-refractivity contribution in [3.05, 3.63) is 75.4 Å². The zero-order chi connectivity index (χ0) is 21.7. The number of nitrogens with zero attached hydrogens (tertiary/aromatic N) is 1. The number of amides is 2. The van der Waals surface area contributed by atoms with Crippen molar-refractivity contribution in [2.45, 2.75) is 19.9 Å². The summed E-state index contributed by atoms with van der Waals surface area (Å²) in [6.07, 6.45) is 0. The highest BCUT2D eigenvalue weighted by Crippen LogP contribution is 2.35. The Morgan fingerprint density at radius 1 is 1.13 bits per heavy atom. The van der Waals surface area contributed by atoms with E-state index in [9.17, 15) is 9.59 Å². The van der Waals surface area contributed by atoms with Gasteiger partial charge in [-0.2, -0.15) is 0 Å². The Morgan fingerprint density at radius 3 is 2.57 bits per heavy atom. The Kier molecular flexibility index (Phi) is 7.24. The normalized spacial score (nSPS) is 16.3. The summed E-state index contributed by atoms with van der Waals surface area (Å²) in [4.78, 5) is 27.3. The second kappa shape index (κ2) is 9.87. The minimum absolute atomic E-state index is 0.0172. The van der Waals surface area contributed by atoms with Gasteiger partial charge in [0, 0.05) is 16.6 Å². The molecule has 1 heterocycles. The third-order valence-corrected chi connectivity index (χ3v) is 5.22. The number of hydrogen-bond donors (Lipinski definition) is 1. The zero-order valence-corrected chi connectivity index (χ0v) is 18.2. The van der Waals surface area contributed by atoms with Gasteiger partial charge in [0.1, 0.15) is 12.4 Å². The first-order chi connectivity index (χ1) is 14.5. The predicted molar refractivity (Wildman–Crippen MR) is 116 cm³/mol. The highest BCUT2D eigenvalue weighted by atomic mass is 35.5. The summed E-state index contributed by atoms with van der Waals surface area (Å²) in [5, 5.41) is 3.83. The summed E-state index contributed by atoms with van der Waals surface area (Å²) in [5.41, 5.74) is 1.31. The molecule has 8 heteroatoms. The van der Waals surface area contributed by atoms with Crippen LogP contribution < -0.4 is 10.1 Å². The molecule has 0 aliphatic carbocycles. The van der Waals surface area contributed by atoms with Crippen LogP contribution in [0.2, 0.25) is 10.0 Å². The van der Waals surface area contributed by atoms with E-state index in [2.05, 4.69) is 5.32 Å². The average Bonchev–Trinajstić information content (AvgIpc) is 2.72. The Balaban J connectivity index is 2.09. The van der Waals surface area contributed by atoms with E-state index < -0.39 is 12.0 Å². The van der Waals surface area contributed by atoms with Crippen molar-refractivity contribution in [3.63, 3.8) is 0 Å². The first-order valence-corrected chi connectivity index (χ1v) is 10.3. The van der Waals surface area contributed by atoms with E-state index in [1.165, 1.54) is 4.90 Å². The molecule has 0 unspecified atom stereocenters. The number of nitrogens with one attached hydrogen (secondary N) is 1. The largest absolute Gasteiger partial charge is 0.487 e. The number of rotatable bonds is 7. The molecule has 0 radical (unpaired) electrons. The van der Waals surface area contributed by atoms with Crippen molar-refractivity contribution in [1.29, 1.82) is 0 Å². The lowest BCUT2D eigenvalue weighted by molar-refractivity contribution is -0.139. The fourth-order valence-electron chi connectivity index (χ4n) is 3.29. The number of ether oxygens (including phenoxy) is 2. The lowest BCUT2D eigenvalue weighted by Crippen LogP contribution is -2.49. The van der Waals surface area contributed by atoms with Crippen molar-refractivity contribution in [2.75, 3.05) is 19.8 Å². The number of halogens is 2. The van der Waals surface area contributed by atoms with Crippen molar-refractivity contribution in [1.82, 2.24) is 10.2 Å². The van der Waals surface area contributed by atoms with Gasteiger partial charge in [0.2, 0.25) is 0 Å². The summed E-state index contributed by atoms with van der Waals surface area (Å²) >= 11 is 12.4. The predicted octanol–water partition coefficient (Wildman–Crippen LogP) is 4.98. The van der Waals surface area contributed by atoms with Gasteiger partial charge in [-0.1, -0.05) is 47.5 Å². The summed E-state index contributed by atoms with van der Waals surface area (Å²) < 4.78 is 11.2. The lowest BCUT2D eigenvalue weighted by atomic mass is 9.94. The molecule has 2 aromatic rings. The van der Waals surface area contributed by atoms with Crippen LogP contribution in [0.25, 0.3) is 0 Å². The van der Waals surface area contributed by atoms with Gasteiger partial charge in [-0.05, 0) is 43.7 Å². The SMILES string of the molecule is CCOC(=O)C1=C(COc2cccc(Cl)c2)N(CC)C(=O)N[C@H]1c1ccccc1Cl. The van der Waals surface area contributed by atoms with Crippen molar-refractivity contribution in [2.24, 2.45) is 0 Å². The van der Waals surface area contributed by atoms with E-state index in [0.717, 1.165) is 0 Å². The van der Waals surface area contributed by atoms with Crippen LogP contribution in [0.4, 0.5) is 4.79 Å². The Hall–Kier alpha value is -2.70. The van der Waals surface area contributed by atoms with Crippen LogP contribution in [0.1, 0.15) is 25.5 Å². The van der Waals surface area contributed by atoms with Crippen LogP contribution in [0, 0.1) is 0 Å². The monoisotopic (exact) mass is 448 g/mol. The Labute approximate surface area is 185 Å². The van der Waals surface area contributed by atoms with Crippen LogP contribution in [-0.2, 0) is 9.53 Å². The van der Waals surface area contributed by atoms with Crippen molar-refractivity contribution < 1.29 is 19.1 Å². The molecule has 1 N–H and O–H groups in total. The van der Waals surface area contributed by atoms with E-state index >= 15 is 0 Å². The van der Waals surface area contributed by atoms with E-state index in [0.29, 0.717) is 33.6 Å². The molecule has 2 aromatic carbocycles. The summed E-state index contributed by atoms with van der Waals surface area (Å²) in [5.74, 6) is -0.0138. The van der Waals surface area contributed by atoms with Gasteiger partial charge in [-0.15, -0.1) is 0 Å². The minimum atomic E-state index is -0.758. The third-order valence-electron chi connectivity index (χ3n) is 4.64. The molecule has 3 rings (SSSR count). The van der Waals surface area contributed by atoms with Crippen molar-refractivity contribution in [3.8, 4) is 5.75 Å². The third kappa shape index (κ3) is 4.71. The molecule has 0 saturated heterocycles. The molecule has 0 aromatic heterocycles. The highest BCUT2D eigenvalue weighted by molar-refractivity contribution is 6.31. The fraction of sp³-hybridized carbons (Fsp3) is 0.273. The molecule has 0 bridgehead atoms. The molecule has 2 amide bonds. The van der Waals surface area contributed by atoms with Crippen molar-refractivity contribution >= 4 is 35.2 Å². The fourth-order valence-corrected chi connectivity index (χ4v) is 3.72. The number of esters is 1. The van der Waals surface area contributed by atoms with Crippen LogP contribution in [0.3, 0.4) is 0 Å². The van der Waals surface area contributed by atoms with Crippen LogP contribution in [0.5, 0.6) is 5.75 Å². The molecule has 0 spiro atoms. The maximum absolute atomic E-state index is 13.0. The summed E-state index contributed by atoms with van der Waals surface area (Å²) in [7, 11) is 0. The quantitative estimate of drug-likeness (QED) is 0.606. The molecular formula is C22H22Cl2N2O4. The van der Waals surface area contributed by atoms with Gasteiger partial charge < -0.3 is 14.8 Å². The molecule has 30 heavy (non-hydrogen) atoms. The van der Waals surface area contributed by atoms with Gasteiger partial charge in [0.25, 0.3) is 0 Å². The Bertz CT molecular complexity index is 977. The Morgan fingerprint density at radius 2 is 1.90 bits per heavy atom. The zero-order valence-electron chi connectivity index (χ0n) is 16.7. The van der Waals surface area contributed by atoms with Gasteiger partial charge in [-0.3, -0.25) is 4.90 Å². The molecule has 1 aliphatic heterocycles. The maximum Gasteiger partial charge on any atom is 0.338 e. The van der Waals surface area contributed by atoms with E-state index in [1.807, 2.05) is 6.92 Å². The minimum Gasteiger partial charge on any atom is -0.487 e. The van der Waals surface area contributed by atoms with E-state index in [-0.39, 0.29) is 24.8 Å². The van der Waals surface area contributed by atoms with E-state index in [4.69, 9.17) is 32.7 Å². The molecule has 1 aliphatic rings. The smallest absolute Gasteiger partial charge is 0.338 e. The number of carbonyl (C=O) groups is 2. The molecule has 6 nitrogen and oxygen atoms in total. The van der Waals surface area contributed by atoms with Crippen LogP contribution >= 0.6 is 23.2 Å². The van der Waals surface area contributed by atoms with Gasteiger partial charge in [-0.25, -0.2) is 9.59 Å². The first kappa shape index (κ1) is 22.0. The molecule has 1 atom stereocenters. The summed E-state index contributed by atoms with van der Waals surface area (Å²) in [6.45, 7) is 4.07. The van der Waals surface area contributed by atoms with E-state index in [1.54, 1.807) is 55.5 Å². The lowest BCUT2D eigenvalue weighted by Gasteiger charge is -2.36. The number of hydrogen-bond acceptors (Lipinski definition) is 4. The molecule has 0 fully saturated rings. The second-order valence-corrected chi connectivity index (χ2v) is 7.32. The van der Waals surface area contributed by atoms with Gasteiger partial charge in [0.15, 0.2) is 0 Å². The number of carbonyl (C=O) groups excluding carboxylic acids is 2. The summed E-state index contributed by atoms with van der Waals surface area (Å²) in [6, 6.07) is 12.9. The van der Waals surface area contributed by atoms with Crippen LogP contribution in [-0.4, -0.2) is 36.7 Å². The first-order valence-electron chi connectivity index (χ1n) is 9.57. The highest BCUT2D eigenvalue weighted by Gasteiger charge is 2.38. The van der Waals surface area contributed by atoms with Gasteiger partial charge >= 0.3 is 12.0 Å². The molecule has 158 valence electrons. The molecular weight excluding hydrogens is 427 g/mol.